The first-order valence-electron chi connectivity index (χ1n) is 12.6. The van der Waals surface area contributed by atoms with Crippen LogP contribution in [0.25, 0.3) is 0 Å². The van der Waals surface area contributed by atoms with Crippen molar-refractivity contribution in [2.45, 2.75) is 10.8 Å². The summed E-state index contributed by atoms with van der Waals surface area (Å²) in [6.07, 6.45) is 0. The minimum atomic E-state index is -4.11. The molecule has 1 atom stereocenters. The highest BCUT2D eigenvalue weighted by Crippen LogP contribution is 2.43. The smallest absolute Gasteiger partial charge is 0.355 e. The van der Waals surface area contributed by atoms with Crippen LogP contribution in [0.1, 0.15) is 11.5 Å². The summed E-state index contributed by atoms with van der Waals surface area (Å²) >= 11 is 0. The molecular weight excluding hydrogens is 576 g/mol. The van der Waals surface area contributed by atoms with E-state index in [1.54, 1.807) is 36.4 Å². The molecule has 0 spiro atoms. The van der Waals surface area contributed by atoms with E-state index in [0.29, 0.717) is 11.3 Å². The highest BCUT2D eigenvalue weighted by atomic mass is 32.2. The molecule has 3 aromatic rings. The maximum absolute atomic E-state index is 13.2. The number of hydrogen-bond donors (Lipinski definition) is 2. The molecule has 4 rings (SSSR count). The maximum Gasteiger partial charge on any atom is 0.355 e. The van der Waals surface area contributed by atoms with Crippen LogP contribution in [-0.2, 0) is 29.1 Å². The van der Waals surface area contributed by atoms with Gasteiger partial charge in [-0.25, -0.2) is 18.0 Å². The van der Waals surface area contributed by atoms with Crippen molar-refractivity contribution < 1.29 is 37.0 Å². The average Bonchev–Trinajstić information content (AvgIpc) is 3.03. The quantitative estimate of drug-likeness (QED) is 0.343. The van der Waals surface area contributed by atoms with E-state index in [-0.39, 0.29) is 44.7 Å². The van der Waals surface area contributed by atoms with Gasteiger partial charge in [-0.1, -0.05) is 30.3 Å². The van der Waals surface area contributed by atoms with Gasteiger partial charge in [0, 0.05) is 11.8 Å². The Hall–Kier alpha value is -5.48. The third-order valence-electron chi connectivity index (χ3n) is 6.67. The van der Waals surface area contributed by atoms with Gasteiger partial charge in [0.05, 0.1) is 62.2 Å². The van der Waals surface area contributed by atoms with Crippen molar-refractivity contribution in [3.8, 4) is 17.6 Å². The number of ether oxygens (including phenoxy) is 4. The number of carbonyl (C=O) groups is 2. The molecule has 1 aliphatic heterocycles. The summed E-state index contributed by atoms with van der Waals surface area (Å²) in [6, 6.07) is 20.5. The largest absolute Gasteiger partial charge is 0.497 e. The van der Waals surface area contributed by atoms with Crippen molar-refractivity contribution in [2.75, 3.05) is 38.1 Å². The van der Waals surface area contributed by atoms with E-state index in [0.717, 1.165) is 14.2 Å². The highest BCUT2D eigenvalue weighted by molar-refractivity contribution is 7.92. The van der Waals surface area contributed by atoms with Gasteiger partial charge in [-0.05, 0) is 42.0 Å². The van der Waals surface area contributed by atoms with Crippen LogP contribution >= 0.6 is 0 Å². The van der Waals surface area contributed by atoms with Gasteiger partial charge in [0.25, 0.3) is 10.0 Å². The van der Waals surface area contributed by atoms with Crippen molar-refractivity contribution in [2.24, 2.45) is 5.73 Å². The van der Waals surface area contributed by atoms with Crippen LogP contribution in [0, 0.1) is 11.3 Å². The van der Waals surface area contributed by atoms with Crippen molar-refractivity contribution >= 4 is 33.3 Å². The fourth-order valence-electron chi connectivity index (χ4n) is 4.64. The van der Waals surface area contributed by atoms with Crippen molar-refractivity contribution in [3.63, 3.8) is 0 Å². The number of carbonyl (C=O) groups excluding carboxylic acids is 2. The lowest BCUT2D eigenvalue weighted by Crippen LogP contribution is -2.40. The van der Waals surface area contributed by atoms with Crippen LogP contribution < -0.4 is 24.8 Å². The molecule has 1 heterocycles. The van der Waals surface area contributed by atoms with Crippen LogP contribution in [0.5, 0.6) is 11.5 Å². The lowest BCUT2D eigenvalue weighted by atomic mass is 9.81. The topological polar surface area (TPSA) is 170 Å². The van der Waals surface area contributed by atoms with Crippen LogP contribution in [0.15, 0.2) is 100 Å². The molecule has 0 aliphatic carbocycles. The Balaban J connectivity index is 1.83. The first-order chi connectivity index (χ1) is 20.6. The number of anilines is 2. The van der Waals surface area contributed by atoms with Gasteiger partial charge in [0.2, 0.25) is 0 Å². The number of hydrogen-bond acceptors (Lipinski definition) is 11. The van der Waals surface area contributed by atoms with Gasteiger partial charge in [-0.15, -0.1) is 0 Å². The average molecular weight is 605 g/mol. The molecule has 0 saturated heterocycles. The molecule has 0 saturated carbocycles. The van der Waals surface area contributed by atoms with Crippen molar-refractivity contribution in [1.82, 2.24) is 0 Å². The van der Waals surface area contributed by atoms with Gasteiger partial charge in [0.15, 0.2) is 0 Å². The summed E-state index contributed by atoms with van der Waals surface area (Å²) < 4.78 is 49.4. The van der Waals surface area contributed by atoms with E-state index in [1.807, 2.05) is 0 Å². The second-order valence-electron chi connectivity index (χ2n) is 9.00. The van der Waals surface area contributed by atoms with Crippen molar-refractivity contribution in [3.05, 3.63) is 101 Å². The number of nitrogens with zero attached hydrogens (tertiary/aromatic N) is 2. The summed E-state index contributed by atoms with van der Waals surface area (Å²) in [4.78, 5) is 27.4. The fraction of sp³-hybridized carbons (Fsp3) is 0.167. The molecule has 3 aromatic carbocycles. The molecule has 12 nitrogen and oxygen atoms in total. The van der Waals surface area contributed by atoms with Gasteiger partial charge >= 0.3 is 11.9 Å². The number of nitrogens with two attached hydrogens (primary N) is 1. The number of rotatable bonds is 9. The molecule has 0 amide bonds. The zero-order valence-corrected chi connectivity index (χ0v) is 24.5. The molecule has 222 valence electrons. The Kier molecular flexibility index (Phi) is 8.92. The predicted octanol–water partition coefficient (Wildman–Crippen LogP) is 3.40. The number of methoxy groups -OCH3 is 4. The third kappa shape index (κ3) is 5.81. The Morgan fingerprint density at radius 2 is 1.56 bits per heavy atom. The van der Waals surface area contributed by atoms with E-state index in [1.165, 1.54) is 55.5 Å². The SMILES string of the molecule is COC(=O)C1=C(C(=O)OC)N(c2ccc(S(=O)(=O)Nc3ccc(OC)cc3OC)cc2)C(N)=C(C#N)C1c1ccccc1. The molecular formula is C30H28N4O8S. The standard InChI is InChI=1S/C30H28N4O8S/c1-39-20-12-15-23(24(16-20)40-2)33-43(37,38)21-13-10-19(11-14-21)34-27(30(36)42-4)26(29(35)41-3)25(22(17-31)28(34)32)18-8-6-5-7-9-18/h5-16,25,33H,32H2,1-4H3. The maximum atomic E-state index is 13.2. The zero-order chi connectivity index (χ0) is 31.3. The molecule has 1 unspecified atom stereocenters. The van der Waals surface area contributed by atoms with E-state index in [2.05, 4.69) is 10.8 Å². The molecule has 0 bridgehead atoms. The number of nitrogens with one attached hydrogen (secondary N) is 1. The van der Waals surface area contributed by atoms with Crippen LogP contribution in [0.4, 0.5) is 11.4 Å². The first-order valence-corrected chi connectivity index (χ1v) is 14.1. The van der Waals surface area contributed by atoms with Crippen LogP contribution in [-0.4, -0.2) is 48.8 Å². The monoisotopic (exact) mass is 604 g/mol. The summed E-state index contributed by atoms with van der Waals surface area (Å²) in [5, 5.41) is 10.2. The Bertz CT molecular complexity index is 1760. The first kappa shape index (κ1) is 30.5. The summed E-state index contributed by atoms with van der Waals surface area (Å²) in [6.45, 7) is 0. The fourth-order valence-corrected chi connectivity index (χ4v) is 5.71. The second-order valence-corrected chi connectivity index (χ2v) is 10.7. The van der Waals surface area contributed by atoms with Gasteiger partial charge < -0.3 is 24.7 Å². The Labute approximate surface area is 248 Å². The number of nitriles is 1. The second kappa shape index (κ2) is 12.6. The normalized spacial score (nSPS) is 15.0. The van der Waals surface area contributed by atoms with Crippen molar-refractivity contribution in [1.29, 1.82) is 5.26 Å². The van der Waals surface area contributed by atoms with Gasteiger partial charge in [0.1, 0.15) is 23.0 Å². The summed E-state index contributed by atoms with van der Waals surface area (Å²) in [5.41, 5.74) is 6.90. The highest BCUT2D eigenvalue weighted by Gasteiger charge is 2.43. The van der Waals surface area contributed by atoms with E-state index >= 15 is 0 Å². The number of esters is 2. The number of sulfonamides is 1. The Morgan fingerprint density at radius 1 is 0.907 bits per heavy atom. The Morgan fingerprint density at radius 3 is 2.12 bits per heavy atom. The molecule has 1 aliphatic rings. The predicted molar refractivity (Wildman–Crippen MR) is 156 cm³/mol. The minimum absolute atomic E-state index is 0.0239. The third-order valence-corrected chi connectivity index (χ3v) is 8.05. The molecule has 0 fully saturated rings. The lowest BCUT2D eigenvalue weighted by Gasteiger charge is -2.35. The van der Waals surface area contributed by atoms with Crippen LogP contribution in [0.2, 0.25) is 0 Å². The summed E-state index contributed by atoms with van der Waals surface area (Å²) in [5.74, 6) is -2.27. The van der Waals surface area contributed by atoms with E-state index < -0.39 is 27.9 Å². The molecule has 43 heavy (non-hydrogen) atoms. The lowest BCUT2D eigenvalue weighted by molar-refractivity contribution is -0.139. The van der Waals surface area contributed by atoms with Gasteiger partial charge in [-0.3, -0.25) is 9.62 Å². The van der Waals surface area contributed by atoms with E-state index in [4.69, 9.17) is 24.7 Å². The van der Waals surface area contributed by atoms with Gasteiger partial charge in [-0.2, -0.15) is 5.26 Å². The molecule has 0 radical (unpaired) electrons. The molecule has 13 heteroatoms. The minimum Gasteiger partial charge on any atom is -0.497 e. The molecule has 0 aromatic heterocycles. The number of benzene rings is 3. The zero-order valence-electron chi connectivity index (χ0n) is 23.7. The van der Waals surface area contributed by atoms with E-state index in [9.17, 15) is 23.3 Å². The number of allylic oxidation sites excluding steroid dienone is 1. The molecule has 3 N–H and O–H groups in total. The summed E-state index contributed by atoms with van der Waals surface area (Å²) in [7, 11) is 1.04. The van der Waals surface area contributed by atoms with Crippen LogP contribution in [0.3, 0.4) is 0 Å².